The van der Waals surface area contributed by atoms with Crippen LogP contribution in [0.25, 0.3) is 0 Å². The molecule has 2 N–H and O–H groups in total. The van der Waals surface area contributed by atoms with Gasteiger partial charge >= 0.3 is 0 Å². The first-order valence-electron chi connectivity index (χ1n) is 4.90. The molecule has 0 saturated heterocycles. The Bertz CT molecular complexity index is 289. The van der Waals surface area contributed by atoms with Crippen molar-refractivity contribution in [1.82, 2.24) is 4.98 Å². The highest BCUT2D eigenvalue weighted by atomic mass is 32.1. The van der Waals surface area contributed by atoms with Crippen LogP contribution in [0.2, 0.25) is 0 Å². The highest BCUT2D eigenvalue weighted by molar-refractivity contribution is 7.11. The summed E-state index contributed by atoms with van der Waals surface area (Å²) in [4.78, 5) is 5.78. The number of aryl methyl sites for hydroxylation is 1. The summed E-state index contributed by atoms with van der Waals surface area (Å²) in [5.41, 5.74) is 6.07. The smallest absolute Gasteiger partial charge is 0.0896 e. The predicted octanol–water partition coefficient (Wildman–Crippen LogP) is 2.22. The van der Waals surface area contributed by atoms with E-state index in [4.69, 9.17) is 5.73 Å². The molecule has 13 heavy (non-hydrogen) atoms. The summed E-state index contributed by atoms with van der Waals surface area (Å²) in [6.07, 6.45) is 7.16. The van der Waals surface area contributed by atoms with E-state index in [1.54, 1.807) is 0 Å². The molecule has 3 heteroatoms. The van der Waals surface area contributed by atoms with Gasteiger partial charge in [-0.25, -0.2) is 4.98 Å². The minimum Gasteiger partial charge on any atom is -0.330 e. The number of hydrogen-bond acceptors (Lipinski definition) is 3. The lowest BCUT2D eigenvalue weighted by Crippen LogP contribution is -2.35. The Morgan fingerprint density at radius 3 is 2.77 bits per heavy atom. The fraction of sp³-hybridized carbons (Fsp3) is 0.700. The molecule has 0 atom stereocenters. The van der Waals surface area contributed by atoms with E-state index in [9.17, 15) is 0 Å². The lowest BCUT2D eigenvalue weighted by atomic mass is 9.66. The van der Waals surface area contributed by atoms with Crippen LogP contribution in [0.1, 0.15) is 35.6 Å². The fourth-order valence-corrected chi connectivity index (χ4v) is 3.16. The summed E-state index contributed by atoms with van der Waals surface area (Å²) in [6.45, 7) is 2.87. The maximum atomic E-state index is 5.65. The van der Waals surface area contributed by atoms with E-state index in [0.29, 0.717) is 5.41 Å². The molecular weight excluding hydrogens is 180 g/mol. The lowest BCUT2D eigenvalue weighted by Gasteiger charge is -2.40. The van der Waals surface area contributed by atoms with Gasteiger partial charge in [0.05, 0.1) is 5.01 Å². The highest BCUT2D eigenvalue weighted by Gasteiger charge is 2.39. The third-order valence-electron chi connectivity index (χ3n) is 3.08. The Labute approximate surface area is 83.2 Å². The summed E-state index contributed by atoms with van der Waals surface area (Å²) in [5.74, 6) is 0. The van der Waals surface area contributed by atoms with Crippen LogP contribution in [0.3, 0.4) is 0 Å². The van der Waals surface area contributed by atoms with E-state index in [0.717, 1.165) is 13.0 Å². The van der Waals surface area contributed by atoms with Gasteiger partial charge in [-0.3, -0.25) is 0 Å². The number of aromatic nitrogens is 1. The molecule has 0 amide bonds. The minimum atomic E-state index is 0.417. The van der Waals surface area contributed by atoms with Crippen LogP contribution in [-0.2, 0) is 5.41 Å². The number of nitrogens with two attached hydrogens (primary N) is 1. The van der Waals surface area contributed by atoms with Gasteiger partial charge in [-0.1, -0.05) is 6.42 Å². The van der Waals surface area contributed by atoms with E-state index in [1.165, 1.54) is 29.1 Å². The Hall–Kier alpha value is -0.410. The molecule has 1 aromatic heterocycles. The molecule has 72 valence electrons. The van der Waals surface area contributed by atoms with E-state index in [-0.39, 0.29) is 0 Å². The van der Waals surface area contributed by atoms with E-state index >= 15 is 0 Å². The Balaban J connectivity index is 2.21. The molecule has 0 aliphatic heterocycles. The average molecular weight is 196 g/mol. The molecule has 0 radical (unpaired) electrons. The van der Waals surface area contributed by atoms with Crippen molar-refractivity contribution in [3.8, 4) is 0 Å². The number of rotatable bonds is 3. The van der Waals surface area contributed by atoms with Gasteiger partial charge in [0, 0.05) is 16.5 Å². The summed E-state index contributed by atoms with van der Waals surface area (Å²) in [5, 5.41) is 1.18. The van der Waals surface area contributed by atoms with Crippen molar-refractivity contribution < 1.29 is 0 Å². The highest BCUT2D eigenvalue weighted by Crippen LogP contribution is 2.47. The second-order valence-corrected chi connectivity index (χ2v) is 5.15. The molecule has 0 spiro atoms. The predicted molar refractivity (Wildman–Crippen MR) is 56.1 cm³/mol. The Morgan fingerprint density at radius 2 is 2.38 bits per heavy atom. The second kappa shape index (κ2) is 3.39. The zero-order chi connectivity index (χ0) is 9.31. The summed E-state index contributed by atoms with van der Waals surface area (Å²) >= 11 is 1.84. The summed E-state index contributed by atoms with van der Waals surface area (Å²) < 4.78 is 0. The zero-order valence-electron chi connectivity index (χ0n) is 8.05. The molecule has 1 aromatic rings. The van der Waals surface area contributed by atoms with Crippen LogP contribution in [-0.4, -0.2) is 11.5 Å². The molecule has 0 bridgehead atoms. The van der Waals surface area contributed by atoms with Gasteiger partial charge in [-0.2, -0.15) is 0 Å². The first-order valence-corrected chi connectivity index (χ1v) is 5.71. The number of hydrogen-bond donors (Lipinski definition) is 1. The van der Waals surface area contributed by atoms with Crippen LogP contribution < -0.4 is 5.73 Å². The molecule has 1 fully saturated rings. The normalized spacial score (nSPS) is 19.8. The third-order valence-corrected chi connectivity index (χ3v) is 4.24. The van der Waals surface area contributed by atoms with Gasteiger partial charge in [0.2, 0.25) is 0 Å². The monoisotopic (exact) mass is 196 g/mol. The zero-order valence-corrected chi connectivity index (χ0v) is 8.86. The van der Waals surface area contributed by atoms with Gasteiger partial charge in [0.25, 0.3) is 0 Å². The van der Waals surface area contributed by atoms with Crippen molar-refractivity contribution in [3.05, 3.63) is 16.1 Å². The Kier molecular flexibility index (Phi) is 2.39. The van der Waals surface area contributed by atoms with Crippen molar-refractivity contribution in [2.75, 3.05) is 6.54 Å². The SMILES string of the molecule is Cc1ncc(C2(CCN)CCC2)s1. The molecule has 1 aliphatic carbocycles. The van der Waals surface area contributed by atoms with Crippen molar-refractivity contribution in [3.63, 3.8) is 0 Å². The second-order valence-electron chi connectivity index (χ2n) is 3.92. The van der Waals surface area contributed by atoms with Gasteiger partial charge in [-0.15, -0.1) is 11.3 Å². The van der Waals surface area contributed by atoms with Gasteiger partial charge < -0.3 is 5.73 Å². The third kappa shape index (κ3) is 1.51. The number of thiazole rings is 1. The van der Waals surface area contributed by atoms with Crippen LogP contribution >= 0.6 is 11.3 Å². The van der Waals surface area contributed by atoms with Crippen molar-refractivity contribution in [1.29, 1.82) is 0 Å². The maximum Gasteiger partial charge on any atom is 0.0896 e. The molecule has 0 aromatic carbocycles. The molecule has 2 nitrogen and oxygen atoms in total. The standard InChI is InChI=1S/C10H16N2S/c1-8-12-7-9(13-8)10(5-6-11)3-2-4-10/h7H,2-6,11H2,1H3. The maximum absolute atomic E-state index is 5.65. The van der Waals surface area contributed by atoms with Crippen LogP contribution in [0, 0.1) is 6.92 Å². The molecular formula is C10H16N2S. The lowest BCUT2D eigenvalue weighted by molar-refractivity contribution is 0.234. The molecule has 0 unspecified atom stereocenters. The first kappa shape index (κ1) is 9.16. The minimum absolute atomic E-state index is 0.417. The van der Waals surface area contributed by atoms with Crippen LogP contribution in [0.15, 0.2) is 6.20 Å². The largest absolute Gasteiger partial charge is 0.330 e. The Morgan fingerprint density at radius 1 is 1.62 bits per heavy atom. The molecule has 2 rings (SSSR count). The molecule has 1 aliphatic rings. The first-order chi connectivity index (χ1) is 6.27. The van der Waals surface area contributed by atoms with Gasteiger partial charge in [-0.05, 0) is 32.7 Å². The fourth-order valence-electron chi connectivity index (χ4n) is 2.11. The summed E-state index contributed by atoms with van der Waals surface area (Å²) in [6, 6.07) is 0. The van der Waals surface area contributed by atoms with Gasteiger partial charge in [0.1, 0.15) is 0 Å². The van der Waals surface area contributed by atoms with E-state index in [1.807, 2.05) is 11.3 Å². The van der Waals surface area contributed by atoms with Crippen LogP contribution in [0.4, 0.5) is 0 Å². The molecule has 1 saturated carbocycles. The quantitative estimate of drug-likeness (QED) is 0.805. The van der Waals surface area contributed by atoms with E-state index in [2.05, 4.69) is 18.1 Å². The van der Waals surface area contributed by atoms with E-state index < -0.39 is 0 Å². The topological polar surface area (TPSA) is 38.9 Å². The molecule has 1 heterocycles. The van der Waals surface area contributed by atoms with Crippen molar-refractivity contribution in [2.45, 2.75) is 38.0 Å². The van der Waals surface area contributed by atoms with Gasteiger partial charge in [0.15, 0.2) is 0 Å². The van der Waals surface area contributed by atoms with Crippen LogP contribution in [0.5, 0.6) is 0 Å². The average Bonchev–Trinajstić information content (AvgIpc) is 2.44. The summed E-state index contributed by atoms with van der Waals surface area (Å²) in [7, 11) is 0. The van der Waals surface area contributed by atoms with Crippen molar-refractivity contribution >= 4 is 11.3 Å². The number of nitrogens with zero attached hydrogens (tertiary/aromatic N) is 1. The van der Waals surface area contributed by atoms with Crippen molar-refractivity contribution in [2.24, 2.45) is 5.73 Å².